The summed E-state index contributed by atoms with van der Waals surface area (Å²) in [6.45, 7) is -0.961. The summed E-state index contributed by atoms with van der Waals surface area (Å²) < 4.78 is 46.1. The molecule has 0 unspecified atom stereocenters. The minimum absolute atomic E-state index is 0. The first-order valence-corrected chi connectivity index (χ1v) is 9.11. The third-order valence-corrected chi connectivity index (χ3v) is 5.69. The van der Waals surface area contributed by atoms with Gasteiger partial charge in [-0.2, -0.15) is 8.42 Å². The van der Waals surface area contributed by atoms with Gasteiger partial charge in [0.15, 0.2) is 18.7 Å². The van der Waals surface area contributed by atoms with Crippen molar-refractivity contribution >= 4 is 16.1 Å². The quantitative estimate of drug-likeness (QED) is 0.102. The van der Waals surface area contributed by atoms with Gasteiger partial charge in [0.2, 0.25) is 6.10 Å². The molecule has 2 aliphatic heterocycles. The van der Waals surface area contributed by atoms with E-state index in [0.29, 0.717) is 0 Å². The van der Waals surface area contributed by atoms with Crippen LogP contribution >= 0.6 is 0 Å². The van der Waals surface area contributed by atoms with Crippen LogP contribution in [0.2, 0.25) is 0 Å². The Morgan fingerprint density at radius 3 is 1.93 bits per heavy atom. The Balaban J connectivity index is -0.00000210. The molecule has 2 rings (SSSR count). The summed E-state index contributed by atoms with van der Waals surface area (Å²) in [6, 6.07) is 0. The first kappa shape index (κ1) is 31.0. The topological polar surface area (TPSA) is 261 Å². The molecule has 2 aliphatic rings. The molecule has 0 aromatic carbocycles. The Morgan fingerprint density at radius 2 is 1.47 bits per heavy atom. The molecule has 2 fully saturated rings. The van der Waals surface area contributed by atoms with Crippen LogP contribution in [0.3, 0.4) is 0 Å². The van der Waals surface area contributed by atoms with Crippen molar-refractivity contribution in [2.24, 2.45) is 0 Å². The predicted molar refractivity (Wildman–Crippen MR) is 81.5 cm³/mol. The van der Waals surface area contributed by atoms with E-state index in [0.717, 1.165) is 0 Å². The molecule has 10 atom stereocenters. The normalized spacial score (nSPS) is 44.4. The summed E-state index contributed by atoms with van der Waals surface area (Å²) in [5, 5.41) is 77.0. The van der Waals surface area contributed by atoms with E-state index in [2.05, 4.69) is 9.47 Å². The van der Waals surface area contributed by atoms with Crippen LogP contribution in [-0.4, -0.2) is 127 Å². The summed E-state index contributed by atoms with van der Waals surface area (Å²) in [5.74, 6) is -1.90. The maximum absolute atomic E-state index is 12.3. The van der Waals surface area contributed by atoms with Gasteiger partial charge in [-0.1, -0.05) is 0 Å². The molecule has 18 heteroatoms. The van der Waals surface area contributed by atoms with Gasteiger partial charge in [0.1, 0.15) is 30.5 Å². The van der Waals surface area contributed by atoms with Crippen LogP contribution in [0.4, 0.5) is 0 Å². The summed E-state index contributed by atoms with van der Waals surface area (Å²) in [6.07, 6.45) is -20.2. The number of rotatable bonds is 4. The number of ether oxygens (including phenoxy) is 3. The Kier molecular flexibility index (Phi) is 11.8. The van der Waals surface area contributed by atoms with E-state index >= 15 is 0 Å². The Bertz CT molecular complexity index is 702. The fourth-order valence-corrected chi connectivity index (χ4v) is 3.66. The number of aliphatic hydroxyl groups excluding tert-OH is 7. The van der Waals surface area contributed by atoms with Crippen molar-refractivity contribution in [3.63, 3.8) is 0 Å². The average molecular weight is 484 g/mol. The maximum Gasteiger partial charge on any atom is 1.00 e. The van der Waals surface area contributed by atoms with Crippen molar-refractivity contribution in [3.8, 4) is 0 Å². The first-order chi connectivity index (χ1) is 12.8. The van der Waals surface area contributed by atoms with Gasteiger partial charge in [0, 0.05) is 0 Å². The number of aliphatic hydroxyl groups is 8. The predicted octanol–water partition coefficient (Wildman–Crippen LogP) is -12.4. The van der Waals surface area contributed by atoms with E-state index in [1.807, 2.05) is 0 Å². The molecule has 0 aromatic rings. The van der Waals surface area contributed by atoms with E-state index in [4.69, 9.17) is 4.74 Å². The zero-order valence-corrected chi connectivity index (χ0v) is 20.6. The van der Waals surface area contributed by atoms with Gasteiger partial charge < -0.3 is 57.9 Å². The molecule has 30 heavy (non-hydrogen) atoms. The fourth-order valence-electron chi connectivity index (χ4n) is 2.79. The van der Waals surface area contributed by atoms with Gasteiger partial charge in [-0.05, 0) is 0 Å². The van der Waals surface area contributed by atoms with Crippen molar-refractivity contribution < 1.29 is 135 Å². The summed E-state index contributed by atoms with van der Waals surface area (Å²) in [5.41, 5.74) is 0. The molecule has 2 saturated heterocycles. The van der Waals surface area contributed by atoms with Gasteiger partial charge in [-0.25, -0.2) is 4.79 Å². The summed E-state index contributed by atoms with van der Waals surface area (Å²) in [4.78, 5) is 8.45. The molecule has 2 heterocycles. The second-order valence-corrected chi connectivity index (χ2v) is 7.80. The number of hydrogen-bond acceptors (Lipinski definition) is 14. The zero-order chi connectivity index (χ0) is 21.6. The Hall–Kier alpha value is 0.980. The fraction of sp³-hybridized carbons (Fsp3) is 0.917. The Labute approximate surface area is 216 Å². The van der Waals surface area contributed by atoms with Crippen molar-refractivity contribution in [2.75, 3.05) is 6.61 Å². The molecule has 0 radical (unpaired) electrons. The van der Waals surface area contributed by atoms with E-state index in [9.17, 15) is 58.6 Å². The van der Waals surface area contributed by atoms with Crippen molar-refractivity contribution in [2.45, 2.75) is 60.2 Å². The second-order valence-electron chi connectivity index (χ2n) is 6.20. The van der Waals surface area contributed by atoms with Crippen LogP contribution < -0.4 is 59.1 Å². The van der Waals surface area contributed by atoms with Crippen molar-refractivity contribution in [1.82, 2.24) is 0 Å². The molecular weight excluding hydrogens is 462 g/mol. The molecule has 0 aliphatic carbocycles. The van der Waals surface area contributed by atoms with E-state index in [1.165, 1.54) is 0 Å². The molecule has 9 N–H and O–H groups in total. The van der Waals surface area contributed by atoms with E-state index < -0.39 is 82.9 Å². The molecule has 15 nitrogen and oxygen atoms in total. The van der Waals surface area contributed by atoms with Crippen molar-refractivity contribution in [1.29, 1.82) is 0 Å². The van der Waals surface area contributed by atoms with E-state index in [1.54, 1.807) is 0 Å². The molecule has 0 saturated carbocycles. The standard InChI is InChI=1S/C12H20O15S.2Na.2H/c13-1-2-6(3(14)4(15)9(18)25-2)26-11(20)8-12(21,28(22,23)24)7(17)5(16)10(19)27-8;;;;/h2-10,13-19,21H,1H2,(H,22,23,24);;;;/q;2*+1;2*-1/t2-,3-,4-,5-,6+,7-,8-,9+,10-,12-;;;;/m1..../s1. The molecular formula is C12H22Na2O15S. The third-order valence-electron chi connectivity index (χ3n) is 4.41. The van der Waals surface area contributed by atoms with Gasteiger partial charge in [-0.3, -0.25) is 4.55 Å². The van der Waals surface area contributed by atoms with E-state index in [-0.39, 0.29) is 62.0 Å². The molecule has 0 bridgehead atoms. The van der Waals surface area contributed by atoms with Gasteiger partial charge in [0.05, 0.1) is 6.61 Å². The number of hydrogen-bond donors (Lipinski definition) is 9. The summed E-state index contributed by atoms with van der Waals surface area (Å²) >= 11 is 0. The van der Waals surface area contributed by atoms with Crippen LogP contribution in [0.25, 0.3) is 0 Å². The average Bonchev–Trinajstić information content (AvgIpc) is 2.61. The van der Waals surface area contributed by atoms with Crippen LogP contribution in [0.5, 0.6) is 0 Å². The monoisotopic (exact) mass is 484 g/mol. The minimum atomic E-state index is -5.74. The minimum Gasteiger partial charge on any atom is -1.00 e. The molecule has 0 spiro atoms. The SMILES string of the molecule is O=C(O[C@@H]1[C@H](O)[C@@H](O)[C@@H](O)O[C@@H]1CO)[C@H]1O[C@@H](O)[C@H](O)[C@@H](O)[C@@]1(O)S(=O)(=O)O.[H-].[H-].[Na+].[Na+]. The first-order valence-electron chi connectivity index (χ1n) is 7.67. The van der Waals surface area contributed by atoms with Crippen LogP contribution in [0, 0.1) is 0 Å². The van der Waals surface area contributed by atoms with Gasteiger partial charge in [0.25, 0.3) is 4.93 Å². The molecule has 168 valence electrons. The summed E-state index contributed by atoms with van der Waals surface area (Å²) in [7, 11) is -5.74. The van der Waals surface area contributed by atoms with Crippen molar-refractivity contribution in [3.05, 3.63) is 0 Å². The number of esters is 1. The van der Waals surface area contributed by atoms with Gasteiger partial charge >= 0.3 is 75.2 Å². The molecule has 0 aromatic heterocycles. The number of carbonyl (C=O) groups is 1. The second kappa shape index (κ2) is 11.4. The van der Waals surface area contributed by atoms with Gasteiger partial charge in [-0.15, -0.1) is 0 Å². The maximum atomic E-state index is 12.3. The smallest absolute Gasteiger partial charge is 1.00 e. The third kappa shape index (κ3) is 5.54. The Morgan fingerprint density at radius 1 is 0.967 bits per heavy atom. The van der Waals surface area contributed by atoms with Crippen LogP contribution in [-0.2, 0) is 29.1 Å². The largest absolute Gasteiger partial charge is 1.00 e. The zero-order valence-electron chi connectivity index (χ0n) is 17.8. The van der Waals surface area contributed by atoms with Crippen LogP contribution in [0.15, 0.2) is 0 Å². The number of carbonyl (C=O) groups excluding carboxylic acids is 1. The molecule has 0 amide bonds. The van der Waals surface area contributed by atoms with Crippen LogP contribution in [0.1, 0.15) is 2.85 Å².